The smallest absolute Gasteiger partial charge is 0.209 e. The fourth-order valence-corrected chi connectivity index (χ4v) is 1.53. The normalized spacial score (nSPS) is 18.0. The molecule has 0 saturated heterocycles. The number of carbonyl (C=O) groups excluding carboxylic acids is 1. The monoisotopic (exact) mass is 177 g/mol. The Kier molecular flexibility index (Phi) is 3.50. The molecule has 0 saturated carbocycles. The van der Waals surface area contributed by atoms with E-state index in [1.807, 2.05) is 12.2 Å². The largest absolute Gasteiger partial charge is 0.345 e. The molecule has 0 unspecified atom stereocenters. The summed E-state index contributed by atoms with van der Waals surface area (Å²) in [7, 11) is 0. The Morgan fingerprint density at radius 2 is 1.54 bits per heavy atom. The van der Waals surface area contributed by atoms with Crippen molar-refractivity contribution in [2.24, 2.45) is 0 Å². The molecule has 0 atom stereocenters. The van der Waals surface area contributed by atoms with Crippen LogP contribution in [0.25, 0.3) is 0 Å². The van der Waals surface area contributed by atoms with E-state index in [1.165, 1.54) is 11.1 Å². The number of amides is 1. The van der Waals surface area contributed by atoms with Crippen LogP contribution in [-0.2, 0) is 4.79 Å². The number of hydrogen-bond donors (Lipinski definition) is 0. The Morgan fingerprint density at radius 3 is 1.85 bits per heavy atom. The molecule has 13 heavy (non-hydrogen) atoms. The Bertz CT molecular complexity index is 231. The van der Waals surface area contributed by atoms with Gasteiger partial charge in [0.2, 0.25) is 6.41 Å². The summed E-state index contributed by atoms with van der Waals surface area (Å²) in [6.45, 7) is 9.11. The maximum atomic E-state index is 10.6. The van der Waals surface area contributed by atoms with Crippen LogP contribution in [-0.4, -0.2) is 24.4 Å². The van der Waals surface area contributed by atoms with Gasteiger partial charge in [-0.1, -0.05) is 25.3 Å². The molecule has 0 radical (unpaired) electrons. The molecule has 1 aliphatic rings. The second kappa shape index (κ2) is 4.65. The summed E-state index contributed by atoms with van der Waals surface area (Å²) in [5.74, 6) is 0. The summed E-state index contributed by atoms with van der Waals surface area (Å²) < 4.78 is 0. The molecule has 2 nitrogen and oxygen atoms in total. The second-order valence-corrected chi connectivity index (χ2v) is 3.10. The Labute approximate surface area is 79.2 Å². The number of carbonyl (C=O) groups is 1. The highest BCUT2D eigenvalue weighted by molar-refractivity contribution is 5.48. The van der Waals surface area contributed by atoms with Crippen molar-refractivity contribution < 1.29 is 4.79 Å². The zero-order valence-electron chi connectivity index (χ0n) is 7.83. The molecule has 0 fully saturated rings. The van der Waals surface area contributed by atoms with Gasteiger partial charge in [0.25, 0.3) is 0 Å². The first-order valence-corrected chi connectivity index (χ1v) is 4.48. The third-order valence-corrected chi connectivity index (χ3v) is 2.39. The van der Waals surface area contributed by atoms with Crippen LogP contribution in [0.4, 0.5) is 0 Å². The molecular weight excluding hydrogens is 162 g/mol. The van der Waals surface area contributed by atoms with E-state index in [0.29, 0.717) is 0 Å². The predicted octanol–water partition coefficient (Wildman–Crippen LogP) is 1.91. The summed E-state index contributed by atoms with van der Waals surface area (Å²) in [6.07, 6.45) is 6.43. The summed E-state index contributed by atoms with van der Waals surface area (Å²) >= 11 is 0. The summed E-state index contributed by atoms with van der Waals surface area (Å²) in [6, 6.07) is 0. The van der Waals surface area contributed by atoms with Gasteiger partial charge in [-0.2, -0.15) is 0 Å². The van der Waals surface area contributed by atoms with Crippen molar-refractivity contribution >= 4 is 6.41 Å². The lowest BCUT2D eigenvalue weighted by atomic mass is 10.0. The van der Waals surface area contributed by atoms with Gasteiger partial charge in [0, 0.05) is 13.1 Å². The van der Waals surface area contributed by atoms with Gasteiger partial charge in [-0.25, -0.2) is 0 Å². The van der Waals surface area contributed by atoms with E-state index in [0.717, 1.165) is 32.3 Å². The summed E-state index contributed by atoms with van der Waals surface area (Å²) in [5, 5.41) is 0. The van der Waals surface area contributed by atoms with Crippen molar-refractivity contribution in [1.29, 1.82) is 0 Å². The second-order valence-electron chi connectivity index (χ2n) is 3.10. The molecule has 1 rings (SSSR count). The average Bonchev–Trinajstić information content (AvgIpc) is 2.38. The van der Waals surface area contributed by atoms with Crippen LogP contribution < -0.4 is 0 Å². The highest BCUT2D eigenvalue weighted by Gasteiger charge is 2.10. The minimum atomic E-state index is 0.794. The molecule has 0 spiro atoms. The maximum Gasteiger partial charge on any atom is 0.209 e. The number of hydrogen-bond acceptors (Lipinski definition) is 1. The fourth-order valence-electron chi connectivity index (χ4n) is 1.53. The van der Waals surface area contributed by atoms with Crippen molar-refractivity contribution in [3.63, 3.8) is 0 Å². The molecule has 1 aliphatic heterocycles. The van der Waals surface area contributed by atoms with Crippen LogP contribution in [0.15, 0.2) is 36.5 Å². The Morgan fingerprint density at radius 1 is 1.08 bits per heavy atom. The standard InChI is InChI=1S/C11H15NO/c1-3-10-5-7-12(9-13)8-6-11(10)4-2/h3-4,9H,1-2,5-8H2. The number of rotatable bonds is 3. The lowest BCUT2D eigenvalue weighted by molar-refractivity contribution is -0.118. The minimum absolute atomic E-state index is 0.794. The van der Waals surface area contributed by atoms with Gasteiger partial charge in [0.15, 0.2) is 0 Å². The average molecular weight is 177 g/mol. The molecule has 0 aromatic heterocycles. The van der Waals surface area contributed by atoms with Crippen LogP contribution in [0.1, 0.15) is 12.8 Å². The van der Waals surface area contributed by atoms with E-state index in [4.69, 9.17) is 0 Å². The fraction of sp³-hybridized carbons (Fsp3) is 0.364. The molecule has 0 aliphatic carbocycles. The van der Waals surface area contributed by atoms with Gasteiger partial charge in [-0.3, -0.25) is 4.79 Å². The molecule has 0 aromatic carbocycles. The van der Waals surface area contributed by atoms with Crippen molar-refractivity contribution in [1.82, 2.24) is 4.90 Å². The van der Waals surface area contributed by atoms with Gasteiger partial charge < -0.3 is 4.90 Å². The van der Waals surface area contributed by atoms with Gasteiger partial charge >= 0.3 is 0 Å². The third-order valence-electron chi connectivity index (χ3n) is 2.39. The van der Waals surface area contributed by atoms with Crippen molar-refractivity contribution in [3.05, 3.63) is 36.5 Å². The maximum absolute atomic E-state index is 10.6. The highest BCUT2D eigenvalue weighted by Crippen LogP contribution is 2.19. The highest BCUT2D eigenvalue weighted by atomic mass is 16.1. The Balaban J connectivity index is 2.76. The first-order valence-electron chi connectivity index (χ1n) is 4.48. The zero-order chi connectivity index (χ0) is 9.68. The van der Waals surface area contributed by atoms with E-state index < -0.39 is 0 Å². The minimum Gasteiger partial charge on any atom is -0.345 e. The van der Waals surface area contributed by atoms with Crippen molar-refractivity contribution in [2.45, 2.75) is 12.8 Å². The molecular formula is C11H15NO. The molecule has 70 valence electrons. The van der Waals surface area contributed by atoms with Crippen LogP contribution >= 0.6 is 0 Å². The Hall–Kier alpha value is -1.31. The van der Waals surface area contributed by atoms with Crippen LogP contribution in [0, 0.1) is 0 Å². The lowest BCUT2D eigenvalue weighted by Gasteiger charge is -2.12. The third kappa shape index (κ3) is 2.31. The summed E-state index contributed by atoms with van der Waals surface area (Å²) in [4.78, 5) is 12.4. The number of nitrogens with zero attached hydrogens (tertiary/aromatic N) is 1. The van der Waals surface area contributed by atoms with E-state index in [1.54, 1.807) is 4.90 Å². The van der Waals surface area contributed by atoms with Crippen molar-refractivity contribution in [2.75, 3.05) is 13.1 Å². The van der Waals surface area contributed by atoms with E-state index >= 15 is 0 Å². The molecule has 0 bridgehead atoms. The van der Waals surface area contributed by atoms with Crippen LogP contribution in [0.5, 0.6) is 0 Å². The van der Waals surface area contributed by atoms with Gasteiger partial charge in [-0.15, -0.1) is 0 Å². The van der Waals surface area contributed by atoms with Gasteiger partial charge in [0.1, 0.15) is 0 Å². The van der Waals surface area contributed by atoms with Crippen LogP contribution in [0.2, 0.25) is 0 Å². The molecule has 2 heteroatoms. The molecule has 1 heterocycles. The molecule has 1 amide bonds. The first-order chi connectivity index (χ1) is 6.31. The van der Waals surface area contributed by atoms with Gasteiger partial charge in [-0.05, 0) is 24.0 Å². The van der Waals surface area contributed by atoms with E-state index in [9.17, 15) is 4.79 Å². The van der Waals surface area contributed by atoms with E-state index in [-0.39, 0.29) is 0 Å². The lowest BCUT2D eigenvalue weighted by Crippen LogP contribution is -2.22. The quantitative estimate of drug-likeness (QED) is 0.603. The summed E-state index contributed by atoms with van der Waals surface area (Å²) in [5.41, 5.74) is 2.44. The topological polar surface area (TPSA) is 20.3 Å². The SMILES string of the molecule is C=CC1=C(C=C)CCN(C=O)CC1. The molecule has 0 aromatic rings. The molecule has 0 N–H and O–H groups in total. The van der Waals surface area contributed by atoms with Crippen molar-refractivity contribution in [3.8, 4) is 0 Å². The van der Waals surface area contributed by atoms with Crippen LogP contribution in [0.3, 0.4) is 0 Å². The van der Waals surface area contributed by atoms with E-state index in [2.05, 4.69) is 13.2 Å². The predicted molar refractivity (Wildman–Crippen MR) is 54.3 cm³/mol. The zero-order valence-corrected chi connectivity index (χ0v) is 7.83. The van der Waals surface area contributed by atoms with Gasteiger partial charge in [0.05, 0.1) is 0 Å². The number of allylic oxidation sites excluding steroid dienone is 2. The first kappa shape index (κ1) is 9.78.